The average Bonchev–Trinajstić information content (AvgIpc) is 3.28. The maximum Gasteiger partial charge on any atom is 0.411 e. The van der Waals surface area contributed by atoms with Gasteiger partial charge in [0.25, 0.3) is 0 Å². The summed E-state index contributed by atoms with van der Waals surface area (Å²) in [6.45, 7) is 4.07. The molecule has 0 spiro atoms. The standard InChI is InChI=1S/C22H22N4O3S/c1-13-5-7-16(19(9-13)28-4)21-24-14(2)20(30-21)11-29-22(27)25-15-6-8-18-17(10-15)23-12-26(18)3/h5-10,12H,11H2,1-4H3,(H,25,27). The maximum absolute atomic E-state index is 12.3. The summed E-state index contributed by atoms with van der Waals surface area (Å²) in [6.07, 6.45) is 1.22. The van der Waals surface area contributed by atoms with E-state index in [2.05, 4.69) is 15.3 Å². The lowest BCUT2D eigenvalue weighted by Gasteiger charge is -2.07. The van der Waals surface area contributed by atoms with Crippen molar-refractivity contribution < 1.29 is 14.3 Å². The number of hydrogen-bond donors (Lipinski definition) is 1. The minimum Gasteiger partial charge on any atom is -0.496 e. The van der Waals surface area contributed by atoms with Gasteiger partial charge in [0, 0.05) is 12.7 Å². The van der Waals surface area contributed by atoms with Gasteiger partial charge in [-0.05, 0) is 49.7 Å². The summed E-state index contributed by atoms with van der Waals surface area (Å²) < 4.78 is 12.8. The molecule has 0 aliphatic heterocycles. The third kappa shape index (κ3) is 3.99. The number of aromatic nitrogens is 3. The second kappa shape index (κ2) is 8.16. The minimum absolute atomic E-state index is 0.148. The monoisotopic (exact) mass is 422 g/mol. The van der Waals surface area contributed by atoms with Crippen LogP contribution in [0.2, 0.25) is 0 Å². The van der Waals surface area contributed by atoms with Gasteiger partial charge in [-0.15, -0.1) is 11.3 Å². The van der Waals surface area contributed by atoms with E-state index in [1.54, 1.807) is 13.4 Å². The molecule has 0 aliphatic rings. The summed E-state index contributed by atoms with van der Waals surface area (Å²) in [5.74, 6) is 0.777. The first kappa shape index (κ1) is 19.9. The average molecular weight is 423 g/mol. The van der Waals surface area contributed by atoms with E-state index in [1.165, 1.54) is 11.3 Å². The number of imidazole rings is 1. The smallest absolute Gasteiger partial charge is 0.411 e. The molecule has 0 saturated carbocycles. The van der Waals surface area contributed by atoms with Crippen molar-refractivity contribution in [2.45, 2.75) is 20.5 Å². The highest BCUT2D eigenvalue weighted by atomic mass is 32.1. The van der Waals surface area contributed by atoms with Gasteiger partial charge in [0.05, 0.1) is 40.6 Å². The van der Waals surface area contributed by atoms with Gasteiger partial charge in [0.2, 0.25) is 0 Å². The van der Waals surface area contributed by atoms with E-state index in [4.69, 9.17) is 9.47 Å². The number of thiazole rings is 1. The molecule has 30 heavy (non-hydrogen) atoms. The summed E-state index contributed by atoms with van der Waals surface area (Å²) in [5.41, 5.74) is 5.32. The van der Waals surface area contributed by atoms with Gasteiger partial charge in [-0.2, -0.15) is 0 Å². The summed E-state index contributed by atoms with van der Waals surface area (Å²) in [7, 11) is 3.57. The van der Waals surface area contributed by atoms with E-state index in [9.17, 15) is 4.79 Å². The van der Waals surface area contributed by atoms with Crippen LogP contribution in [-0.2, 0) is 18.4 Å². The molecule has 2 heterocycles. The maximum atomic E-state index is 12.3. The van der Waals surface area contributed by atoms with Crippen LogP contribution in [0.1, 0.15) is 16.1 Å². The number of nitrogens with zero attached hydrogens (tertiary/aromatic N) is 3. The van der Waals surface area contributed by atoms with E-state index in [0.29, 0.717) is 5.69 Å². The first-order valence-electron chi connectivity index (χ1n) is 9.41. The van der Waals surface area contributed by atoms with Gasteiger partial charge in [-0.1, -0.05) is 6.07 Å². The van der Waals surface area contributed by atoms with Crippen LogP contribution in [-0.4, -0.2) is 27.7 Å². The zero-order valence-electron chi connectivity index (χ0n) is 17.2. The van der Waals surface area contributed by atoms with E-state index >= 15 is 0 Å². The first-order chi connectivity index (χ1) is 14.4. The fraction of sp³-hybridized carbons (Fsp3) is 0.227. The largest absolute Gasteiger partial charge is 0.496 e. The molecule has 0 radical (unpaired) electrons. The van der Waals surface area contributed by atoms with Crippen LogP contribution in [0.15, 0.2) is 42.7 Å². The topological polar surface area (TPSA) is 78.3 Å². The summed E-state index contributed by atoms with van der Waals surface area (Å²) in [5, 5.41) is 3.59. The van der Waals surface area contributed by atoms with Crippen molar-refractivity contribution in [1.82, 2.24) is 14.5 Å². The molecular formula is C22H22N4O3S. The quantitative estimate of drug-likeness (QED) is 0.486. The number of benzene rings is 2. The molecule has 1 amide bonds. The van der Waals surface area contributed by atoms with Crippen LogP contribution in [0.5, 0.6) is 5.75 Å². The fourth-order valence-electron chi connectivity index (χ4n) is 3.15. The highest BCUT2D eigenvalue weighted by molar-refractivity contribution is 7.15. The molecule has 0 fully saturated rings. The van der Waals surface area contributed by atoms with Crippen molar-refractivity contribution in [3.05, 3.63) is 58.9 Å². The number of fused-ring (bicyclic) bond motifs is 1. The Hall–Kier alpha value is -3.39. The van der Waals surface area contributed by atoms with Crippen molar-refractivity contribution in [3.8, 4) is 16.3 Å². The normalized spacial score (nSPS) is 10.9. The molecule has 7 nitrogen and oxygen atoms in total. The molecule has 4 rings (SSSR count). The van der Waals surface area contributed by atoms with Crippen LogP contribution in [0.3, 0.4) is 0 Å². The molecule has 0 aliphatic carbocycles. The van der Waals surface area contributed by atoms with E-state index < -0.39 is 6.09 Å². The second-order valence-electron chi connectivity index (χ2n) is 6.99. The number of ether oxygens (including phenoxy) is 2. The van der Waals surface area contributed by atoms with Gasteiger partial charge in [-0.25, -0.2) is 14.8 Å². The Morgan fingerprint density at radius 3 is 2.83 bits per heavy atom. The Kier molecular flexibility index (Phi) is 5.41. The van der Waals surface area contributed by atoms with E-state index in [0.717, 1.165) is 43.5 Å². The van der Waals surface area contributed by atoms with Crippen molar-refractivity contribution in [2.75, 3.05) is 12.4 Å². The Labute approximate surface area is 178 Å². The van der Waals surface area contributed by atoms with E-state index in [1.807, 2.05) is 61.9 Å². The molecule has 0 bridgehead atoms. The number of carbonyl (C=O) groups excluding carboxylic acids is 1. The summed E-state index contributed by atoms with van der Waals surface area (Å²) in [4.78, 5) is 22.1. The molecule has 2 aromatic heterocycles. The third-order valence-electron chi connectivity index (χ3n) is 4.79. The van der Waals surface area contributed by atoms with Gasteiger partial charge >= 0.3 is 6.09 Å². The van der Waals surface area contributed by atoms with Crippen LogP contribution < -0.4 is 10.1 Å². The predicted molar refractivity (Wildman–Crippen MR) is 118 cm³/mol. The molecule has 0 atom stereocenters. The zero-order valence-corrected chi connectivity index (χ0v) is 18.0. The molecule has 8 heteroatoms. The lowest BCUT2D eigenvalue weighted by molar-refractivity contribution is 0.156. The lowest BCUT2D eigenvalue weighted by atomic mass is 10.1. The van der Waals surface area contributed by atoms with Crippen LogP contribution >= 0.6 is 11.3 Å². The highest BCUT2D eigenvalue weighted by Crippen LogP contribution is 2.35. The Bertz CT molecular complexity index is 1230. The lowest BCUT2D eigenvalue weighted by Crippen LogP contribution is -2.13. The summed E-state index contributed by atoms with van der Waals surface area (Å²) in [6, 6.07) is 11.6. The van der Waals surface area contributed by atoms with Gasteiger partial charge in [0.15, 0.2) is 0 Å². The number of rotatable bonds is 5. The zero-order chi connectivity index (χ0) is 21.3. The van der Waals surface area contributed by atoms with Crippen LogP contribution in [0.25, 0.3) is 21.6 Å². The molecule has 1 N–H and O–H groups in total. The van der Waals surface area contributed by atoms with Crippen molar-refractivity contribution in [2.24, 2.45) is 7.05 Å². The molecule has 0 saturated heterocycles. The fourth-order valence-corrected chi connectivity index (χ4v) is 4.16. The Morgan fingerprint density at radius 2 is 2.03 bits per heavy atom. The third-order valence-corrected chi connectivity index (χ3v) is 5.95. The Morgan fingerprint density at radius 1 is 1.20 bits per heavy atom. The number of carbonyl (C=O) groups is 1. The second-order valence-corrected chi connectivity index (χ2v) is 8.08. The van der Waals surface area contributed by atoms with Gasteiger partial charge in [-0.3, -0.25) is 5.32 Å². The van der Waals surface area contributed by atoms with Crippen molar-refractivity contribution in [1.29, 1.82) is 0 Å². The number of amides is 1. The minimum atomic E-state index is -0.521. The molecule has 154 valence electrons. The van der Waals surface area contributed by atoms with Crippen molar-refractivity contribution >= 4 is 34.2 Å². The van der Waals surface area contributed by atoms with Gasteiger partial charge < -0.3 is 14.0 Å². The molecule has 2 aromatic carbocycles. The van der Waals surface area contributed by atoms with Gasteiger partial charge in [0.1, 0.15) is 17.4 Å². The number of aryl methyl sites for hydroxylation is 3. The number of nitrogens with one attached hydrogen (secondary N) is 1. The van der Waals surface area contributed by atoms with Crippen LogP contribution in [0, 0.1) is 13.8 Å². The van der Waals surface area contributed by atoms with Crippen molar-refractivity contribution in [3.63, 3.8) is 0 Å². The predicted octanol–water partition coefficient (Wildman–Crippen LogP) is 5.07. The Balaban J connectivity index is 1.44. The number of hydrogen-bond acceptors (Lipinski definition) is 6. The summed E-state index contributed by atoms with van der Waals surface area (Å²) >= 11 is 1.49. The molecule has 4 aromatic rings. The SMILES string of the molecule is COc1cc(C)ccc1-c1nc(C)c(COC(=O)Nc2ccc3c(c2)ncn3C)s1. The van der Waals surface area contributed by atoms with E-state index in [-0.39, 0.29) is 6.61 Å². The highest BCUT2D eigenvalue weighted by Gasteiger charge is 2.15. The first-order valence-corrected chi connectivity index (χ1v) is 10.2. The van der Waals surface area contributed by atoms with Crippen LogP contribution in [0.4, 0.5) is 10.5 Å². The molecular weight excluding hydrogens is 400 g/mol. The number of anilines is 1. The number of methoxy groups -OCH3 is 1. The molecule has 0 unspecified atom stereocenters.